The number of hydrogen-bond acceptors (Lipinski definition) is 11. The van der Waals surface area contributed by atoms with Crippen LogP contribution in [0, 0.1) is 5.82 Å². The van der Waals surface area contributed by atoms with Crippen molar-refractivity contribution in [1.82, 2.24) is 10.2 Å². The van der Waals surface area contributed by atoms with Crippen LogP contribution in [0.1, 0.15) is 33.1 Å². The van der Waals surface area contributed by atoms with Crippen molar-refractivity contribution >= 4 is 51.6 Å². The Balaban J connectivity index is 1.40. The van der Waals surface area contributed by atoms with Crippen LogP contribution in [0.25, 0.3) is 5.76 Å². The number of ketones is 1. The second kappa shape index (κ2) is 11.9. The molecule has 218 valence electrons. The van der Waals surface area contributed by atoms with Gasteiger partial charge in [0.25, 0.3) is 5.78 Å². The van der Waals surface area contributed by atoms with Crippen molar-refractivity contribution < 1.29 is 38.1 Å². The summed E-state index contributed by atoms with van der Waals surface area (Å²) in [6, 6.07) is 16.1. The van der Waals surface area contributed by atoms with Crippen LogP contribution in [0.2, 0.25) is 0 Å². The number of halogens is 1. The zero-order valence-electron chi connectivity index (χ0n) is 22.5. The summed E-state index contributed by atoms with van der Waals surface area (Å²) < 4.78 is 30.5. The van der Waals surface area contributed by atoms with Gasteiger partial charge in [0.05, 0.1) is 24.3 Å². The molecule has 1 aromatic heterocycles. The number of aromatic nitrogens is 2. The van der Waals surface area contributed by atoms with E-state index in [9.17, 15) is 23.9 Å². The van der Waals surface area contributed by atoms with Gasteiger partial charge in [-0.2, -0.15) is 0 Å². The molecule has 1 N–H and O–H groups in total. The number of aliphatic hydroxyl groups is 1. The molecule has 10 nitrogen and oxygen atoms in total. The van der Waals surface area contributed by atoms with Crippen LogP contribution in [0.3, 0.4) is 0 Å². The van der Waals surface area contributed by atoms with E-state index in [1.807, 2.05) is 0 Å². The molecule has 1 atom stereocenters. The molecular weight excluding hydrogens is 597 g/mol. The van der Waals surface area contributed by atoms with Crippen LogP contribution in [0.15, 0.2) is 76.6 Å². The Hall–Kier alpha value is -4.75. The highest BCUT2D eigenvalue weighted by molar-refractivity contribution is 8.00. The fraction of sp³-hybridized carbons (Fsp3) is 0.167. The predicted octanol–water partition coefficient (Wildman–Crippen LogP) is 5.15. The topological polar surface area (TPSA) is 128 Å². The zero-order valence-corrected chi connectivity index (χ0v) is 24.1. The summed E-state index contributed by atoms with van der Waals surface area (Å²) in [4.78, 5) is 40.3. The van der Waals surface area contributed by atoms with Gasteiger partial charge in [0, 0.05) is 11.3 Å². The van der Waals surface area contributed by atoms with Crippen molar-refractivity contribution in [1.29, 1.82) is 0 Å². The van der Waals surface area contributed by atoms with Gasteiger partial charge in [-0.3, -0.25) is 14.5 Å². The van der Waals surface area contributed by atoms with E-state index in [-0.39, 0.29) is 33.4 Å². The highest BCUT2D eigenvalue weighted by Crippen LogP contribution is 2.45. The first kappa shape index (κ1) is 28.4. The molecule has 2 aliphatic rings. The Morgan fingerprint density at radius 3 is 2.51 bits per heavy atom. The van der Waals surface area contributed by atoms with Gasteiger partial charge in [0.2, 0.25) is 5.13 Å². The number of esters is 1. The standard InChI is InChI=1S/C30H22FN3O7S2/c1-39-28(38)17-8-6-16(7-9-17)24-23(25(35)18-10-11-21-22(14-18)41-13-12-40-21)26(36)27(37)34(24)29-32-33-30(43-29)42-15-19-4-2-3-5-20(19)31/h2-11,14,24,35H,12-13,15H2,1H3/t24-/m1/s1. The number of benzene rings is 3. The number of carbonyl (C=O) groups is 3. The summed E-state index contributed by atoms with van der Waals surface area (Å²) in [7, 11) is 1.26. The molecule has 0 aliphatic carbocycles. The van der Waals surface area contributed by atoms with Crippen molar-refractivity contribution in [2.24, 2.45) is 0 Å². The van der Waals surface area contributed by atoms with Crippen LogP contribution >= 0.6 is 23.1 Å². The van der Waals surface area contributed by atoms with E-state index in [4.69, 9.17) is 14.2 Å². The van der Waals surface area contributed by atoms with Gasteiger partial charge < -0.3 is 19.3 Å². The Morgan fingerprint density at radius 1 is 1.05 bits per heavy atom. The highest BCUT2D eigenvalue weighted by Gasteiger charge is 2.48. The number of amides is 1. The van der Waals surface area contributed by atoms with Gasteiger partial charge in [-0.15, -0.1) is 10.2 Å². The number of rotatable bonds is 7. The summed E-state index contributed by atoms with van der Waals surface area (Å²) in [5.74, 6) is -2.00. The van der Waals surface area contributed by atoms with Crippen LogP contribution in [-0.4, -0.2) is 53.3 Å². The molecule has 0 spiro atoms. The highest BCUT2D eigenvalue weighted by atomic mass is 32.2. The average molecular weight is 620 g/mol. The molecule has 1 fully saturated rings. The molecule has 0 bridgehead atoms. The Kier molecular flexibility index (Phi) is 7.82. The molecule has 3 aromatic carbocycles. The van der Waals surface area contributed by atoms with Crippen molar-refractivity contribution in [2.75, 3.05) is 25.2 Å². The number of Topliss-reactive ketones (excluding diaryl/α,β-unsaturated/α-hetero) is 1. The third-order valence-corrected chi connectivity index (χ3v) is 8.92. The molecule has 2 aliphatic heterocycles. The molecule has 0 radical (unpaired) electrons. The van der Waals surface area contributed by atoms with Gasteiger partial charge in [-0.1, -0.05) is 53.4 Å². The summed E-state index contributed by atoms with van der Waals surface area (Å²) in [5, 5.41) is 19.9. The van der Waals surface area contributed by atoms with Gasteiger partial charge in [-0.05, 0) is 47.5 Å². The number of fused-ring (bicyclic) bond motifs is 1. The van der Waals surface area contributed by atoms with Crippen LogP contribution < -0.4 is 14.4 Å². The number of thioether (sulfide) groups is 1. The predicted molar refractivity (Wildman–Crippen MR) is 156 cm³/mol. The maximum atomic E-state index is 14.1. The lowest BCUT2D eigenvalue weighted by Crippen LogP contribution is -2.29. The van der Waals surface area contributed by atoms with E-state index < -0.39 is 29.5 Å². The van der Waals surface area contributed by atoms with Crippen LogP contribution in [-0.2, 0) is 20.1 Å². The molecule has 3 heterocycles. The normalized spacial score (nSPS) is 17.3. The third kappa shape index (κ3) is 5.44. The lowest BCUT2D eigenvalue weighted by molar-refractivity contribution is -0.132. The van der Waals surface area contributed by atoms with Crippen LogP contribution in [0.4, 0.5) is 9.52 Å². The third-order valence-electron chi connectivity index (χ3n) is 6.82. The SMILES string of the molecule is COC(=O)c1ccc([C@@H]2C(=C(O)c3ccc4c(c3)OCCO4)C(=O)C(=O)N2c2nnc(SCc3ccccc3F)s2)cc1. The maximum absolute atomic E-state index is 14.1. The van der Waals surface area contributed by atoms with E-state index >= 15 is 0 Å². The van der Waals surface area contributed by atoms with E-state index in [0.29, 0.717) is 40.2 Å². The molecule has 0 saturated carbocycles. The first-order valence-corrected chi connectivity index (χ1v) is 14.7. The van der Waals surface area contributed by atoms with Crippen molar-refractivity contribution in [2.45, 2.75) is 16.1 Å². The Labute approximate surface area is 252 Å². The lowest BCUT2D eigenvalue weighted by Gasteiger charge is -2.23. The molecule has 4 aromatic rings. The number of methoxy groups -OCH3 is 1. The number of anilines is 1. The fourth-order valence-electron chi connectivity index (χ4n) is 4.72. The van der Waals surface area contributed by atoms with Gasteiger partial charge in [0.1, 0.15) is 24.8 Å². The summed E-state index contributed by atoms with van der Waals surface area (Å²) in [5.41, 5.74) is 1.24. The average Bonchev–Trinajstić information content (AvgIpc) is 3.61. The minimum absolute atomic E-state index is 0.112. The smallest absolute Gasteiger partial charge is 0.337 e. The van der Waals surface area contributed by atoms with E-state index in [2.05, 4.69) is 10.2 Å². The monoisotopic (exact) mass is 619 g/mol. The summed E-state index contributed by atoms with van der Waals surface area (Å²) in [6.45, 7) is 0.704. The van der Waals surface area contributed by atoms with Gasteiger partial charge in [0.15, 0.2) is 15.8 Å². The summed E-state index contributed by atoms with van der Waals surface area (Å²) in [6.07, 6.45) is 0. The number of aliphatic hydroxyl groups excluding tert-OH is 1. The van der Waals surface area contributed by atoms with E-state index in [0.717, 1.165) is 11.3 Å². The minimum Gasteiger partial charge on any atom is -0.507 e. The maximum Gasteiger partial charge on any atom is 0.337 e. The van der Waals surface area contributed by atoms with E-state index in [1.165, 1.54) is 48.0 Å². The molecule has 13 heteroatoms. The molecule has 43 heavy (non-hydrogen) atoms. The van der Waals surface area contributed by atoms with Crippen molar-refractivity contribution in [3.63, 3.8) is 0 Å². The summed E-state index contributed by atoms with van der Waals surface area (Å²) >= 11 is 2.29. The molecule has 1 amide bonds. The molecule has 0 unspecified atom stereocenters. The molecule has 1 saturated heterocycles. The molecule has 6 rings (SSSR count). The Bertz CT molecular complexity index is 1770. The number of nitrogens with zero attached hydrogens (tertiary/aromatic N) is 3. The molecular formula is C30H22FN3O7S2. The van der Waals surface area contributed by atoms with Crippen molar-refractivity contribution in [3.8, 4) is 11.5 Å². The number of hydrogen-bond donors (Lipinski definition) is 1. The quantitative estimate of drug-likeness (QED) is 0.0741. The van der Waals surface area contributed by atoms with Gasteiger partial charge in [-0.25, -0.2) is 9.18 Å². The largest absolute Gasteiger partial charge is 0.507 e. The number of ether oxygens (including phenoxy) is 3. The van der Waals surface area contributed by atoms with Crippen LogP contribution in [0.5, 0.6) is 11.5 Å². The van der Waals surface area contributed by atoms with Gasteiger partial charge >= 0.3 is 11.9 Å². The zero-order chi connectivity index (χ0) is 30.1. The fourth-order valence-corrected chi connectivity index (χ4v) is 6.58. The Morgan fingerprint density at radius 2 is 1.77 bits per heavy atom. The number of carbonyl (C=O) groups excluding carboxylic acids is 3. The first-order valence-electron chi connectivity index (χ1n) is 12.9. The van der Waals surface area contributed by atoms with Crippen molar-refractivity contribution in [3.05, 3.63) is 100 Å². The van der Waals surface area contributed by atoms with E-state index in [1.54, 1.807) is 42.5 Å². The first-order chi connectivity index (χ1) is 20.9. The minimum atomic E-state index is -1.10. The lowest BCUT2D eigenvalue weighted by atomic mass is 9.94. The second-order valence-electron chi connectivity index (χ2n) is 9.37. The second-order valence-corrected chi connectivity index (χ2v) is 11.6.